The Bertz CT molecular complexity index is 394. The highest BCUT2D eigenvalue weighted by molar-refractivity contribution is 6.16. The molecule has 0 atom stereocenters. The van der Waals surface area contributed by atoms with Gasteiger partial charge < -0.3 is 9.47 Å². The molecule has 0 aliphatic heterocycles. The van der Waals surface area contributed by atoms with Gasteiger partial charge in [0.15, 0.2) is 0 Å². The van der Waals surface area contributed by atoms with Crippen molar-refractivity contribution in [1.82, 2.24) is 0 Å². The summed E-state index contributed by atoms with van der Waals surface area (Å²) >= 11 is 0. The van der Waals surface area contributed by atoms with E-state index < -0.39 is 5.97 Å². The average Bonchev–Trinajstić information content (AvgIpc) is 2.27. The minimum absolute atomic E-state index is 0.342. The van der Waals surface area contributed by atoms with Crippen LogP contribution in [-0.4, -0.2) is 20.2 Å². The van der Waals surface area contributed by atoms with E-state index in [1.165, 1.54) is 7.11 Å². The Morgan fingerprint density at radius 3 is 2.53 bits per heavy atom. The van der Waals surface area contributed by atoms with Crippen molar-refractivity contribution >= 4 is 11.5 Å². The Balaban J connectivity index is 3.12. The standard InChI is InChI=1S/C12H14O3/c1-8-5-6-10(14-3)7-11(8)9(2)12(13)15-4/h5-7H,2H2,1,3-4H3. The molecule has 0 saturated heterocycles. The highest BCUT2D eigenvalue weighted by Crippen LogP contribution is 2.23. The fourth-order valence-electron chi connectivity index (χ4n) is 1.29. The smallest absolute Gasteiger partial charge is 0.337 e. The molecule has 1 aromatic carbocycles. The van der Waals surface area contributed by atoms with Crippen LogP contribution in [-0.2, 0) is 9.53 Å². The van der Waals surface area contributed by atoms with Gasteiger partial charge in [0.25, 0.3) is 0 Å². The number of hydrogen-bond acceptors (Lipinski definition) is 3. The summed E-state index contributed by atoms with van der Waals surface area (Å²) in [5.74, 6) is 0.270. The quantitative estimate of drug-likeness (QED) is 0.561. The summed E-state index contributed by atoms with van der Waals surface area (Å²) in [5, 5.41) is 0. The zero-order valence-corrected chi connectivity index (χ0v) is 9.16. The molecule has 0 spiro atoms. The van der Waals surface area contributed by atoms with E-state index in [0.717, 1.165) is 11.1 Å². The fourth-order valence-corrected chi connectivity index (χ4v) is 1.29. The van der Waals surface area contributed by atoms with Gasteiger partial charge in [-0.3, -0.25) is 0 Å². The van der Waals surface area contributed by atoms with E-state index in [1.54, 1.807) is 13.2 Å². The normalized spacial score (nSPS) is 9.53. The average molecular weight is 206 g/mol. The SMILES string of the molecule is C=C(C(=O)OC)c1cc(OC)ccc1C. The van der Waals surface area contributed by atoms with Gasteiger partial charge in [0, 0.05) is 0 Å². The molecule has 15 heavy (non-hydrogen) atoms. The largest absolute Gasteiger partial charge is 0.497 e. The summed E-state index contributed by atoms with van der Waals surface area (Å²) in [7, 11) is 2.92. The second-order valence-electron chi connectivity index (χ2n) is 3.15. The van der Waals surface area contributed by atoms with E-state index in [0.29, 0.717) is 11.3 Å². The van der Waals surface area contributed by atoms with Crippen LogP contribution in [0.25, 0.3) is 5.57 Å². The first kappa shape index (κ1) is 11.3. The minimum atomic E-state index is -0.425. The molecule has 1 aromatic rings. The van der Waals surface area contributed by atoms with Gasteiger partial charge in [0.2, 0.25) is 0 Å². The third kappa shape index (κ3) is 2.37. The summed E-state index contributed by atoms with van der Waals surface area (Å²) in [6.45, 7) is 5.61. The van der Waals surface area contributed by atoms with E-state index in [1.807, 2.05) is 19.1 Å². The van der Waals surface area contributed by atoms with Gasteiger partial charge >= 0.3 is 5.97 Å². The number of carbonyl (C=O) groups is 1. The number of ether oxygens (including phenoxy) is 2. The molecular formula is C12H14O3. The molecule has 3 heteroatoms. The maximum atomic E-state index is 11.3. The third-order valence-electron chi connectivity index (χ3n) is 2.20. The van der Waals surface area contributed by atoms with Crippen LogP contribution in [0.15, 0.2) is 24.8 Å². The van der Waals surface area contributed by atoms with Crippen LogP contribution in [0.5, 0.6) is 5.75 Å². The van der Waals surface area contributed by atoms with Crippen LogP contribution in [0.3, 0.4) is 0 Å². The molecule has 0 N–H and O–H groups in total. The summed E-state index contributed by atoms with van der Waals surface area (Å²) in [6, 6.07) is 5.49. The van der Waals surface area contributed by atoms with Gasteiger partial charge in [-0.15, -0.1) is 0 Å². The first-order chi connectivity index (χ1) is 7.10. The molecule has 0 fully saturated rings. The molecule has 0 aliphatic carbocycles. The maximum absolute atomic E-state index is 11.3. The van der Waals surface area contributed by atoms with E-state index in [4.69, 9.17) is 4.74 Å². The van der Waals surface area contributed by atoms with Crippen LogP contribution in [0, 0.1) is 6.92 Å². The molecule has 3 nitrogen and oxygen atoms in total. The van der Waals surface area contributed by atoms with Crippen molar-refractivity contribution in [2.75, 3.05) is 14.2 Å². The molecular weight excluding hydrogens is 192 g/mol. The third-order valence-corrected chi connectivity index (χ3v) is 2.20. The molecule has 0 heterocycles. The van der Waals surface area contributed by atoms with E-state index in [9.17, 15) is 4.79 Å². The zero-order valence-electron chi connectivity index (χ0n) is 9.16. The lowest BCUT2D eigenvalue weighted by Gasteiger charge is -2.09. The Hall–Kier alpha value is -1.77. The highest BCUT2D eigenvalue weighted by Gasteiger charge is 2.12. The van der Waals surface area contributed by atoms with Crippen LogP contribution in [0.2, 0.25) is 0 Å². The molecule has 0 radical (unpaired) electrons. The van der Waals surface area contributed by atoms with E-state index >= 15 is 0 Å². The predicted octanol–water partition coefficient (Wildman–Crippen LogP) is 2.19. The highest BCUT2D eigenvalue weighted by atomic mass is 16.5. The number of esters is 1. The molecule has 80 valence electrons. The summed E-state index contributed by atoms with van der Waals surface area (Å²) in [6.07, 6.45) is 0. The van der Waals surface area contributed by atoms with Gasteiger partial charge in [-0.25, -0.2) is 4.79 Å². The lowest BCUT2D eigenvalue weighted by molar-refractivity contribution is -0.133. The van der Waals surface area contributed by atoms with E-state index in [2.05, 4.69) is 11.3 Å². The Labute approximate surface area is 89.3 Å². The molecule has 0 bridgehead atoms. The van der Waals surface area contributed by atoms with Gasteiger partial charge in [-0.2, -0.15) is 0 Å². The second kappa shape index (κ2) is 4.64. The second-order valence-corrected chi connectivity index (χ2v) is 3.15. The van der Waals surface area contributed by atoms with Gasteiger partial charge in [-0.1, -0.05) is 12.6 Å². The van der Waals surface area contributed by atoms with Crippen molar-refractivity contribution in [3.63, 3.8) is 0 Å². The number of benzene rings is 1. The molecule has 0 aromatic heterocycles. The summed E-state index contributed by atoms with van der Waals surface area (Å²) < 4.78 is 9.70. The molecule has 0 unspecified atom stereocenters. The number of hydrogen-bond donors (Lipinski definition) is 0. The van der Waals surface area contributed by atoms with Gasteiger partial charge in [-0.05, 0) is 30.2 Å². The summed E-state index contributed by atoms with van der Waals surface area (Å²) in [5.41, 5.74) is 2.06. The molecule has 0 amide bonds. The summed E-state index contributed by atoms with van der Waals surface area (Å²) in [4.78, 5) is 11.3. The lowest BCUT2D eigenvalue weighted by Crippen LogP contribution is -2.04. The van der Waals surface area contributed by atoms with Crippen LogP contribution >= 0.6 is 0 Å². The van der Waals surface area contributed by atoms with Gasteiger partial charge in [0.05, 0.1) is 19.8 Å². The van der Waals surface area contributed by atoms with Crippen molar-refractivity contribution in [3.05, 3.63) is 35.9 Å². The zero-order chi connectivity index (χ0) is 11.4. The van der Waals surface area contributed by atoms with Crippen LogP contribution in [0.4, 0.5) is 0 Å². The Kier molecular flexibility index (Phi) is 3.50. The van der Waals surface area contributed by atoms with Gasteiger partial charge in [0.1, 0.15) is 5.75 Å². The van der Waals surface area contributed by atoms with Crippen LogP contribution < -0.4 is 4.74 Å². The first-order valence-corrected chi connectivity index (χ1v) is 4.52. The maximum Gasteiger partial charge on any atom is 0.337 e. The number of methoxy groups -OCH3 is 2. The number of rotatable bonds is 3. The number of carbonyl (C=O) groups excluding carboxylic acids is 1. The lowest BCUT2D eigenvalue weighted by atomic mass is 10.0. The minimum Gasteiger partial charge on any atom is -0.497 e. The van der Waals surface area contributed by atoms with Crippen molar-refractivity contribution in [3.8, 4) is 5.75 Å². The number of aryl methyl sites for hydroxylation is 1. The molecule has 0 aliphatic rings. The fraction of sp³-hybridized carbons (Fsp3) is 0.250. The first-order valence-electron chi connectivity index (χ1n) is 4.52. The molecule has 1 rings (SSSR count). The van der Waals surface area contributed by atoms with Crippen molar-refractivity contribution in [1.29, 1.82) is 0 Å². The predicted molar refractivity (Wildman–Crippen MR) is 58.8 cm³/mol. The monoisotopic (exact) mass is 206 g/mol. The van der Waals surface area contributed by atoms with E-state index in [-0.39, 0.29) is 0 Å². The van der Waals surface area contributed by atoms with Crippen molar-refractivity contribution < 1.29 is 14.3 Å². The molecule has 0 saturated carbocycles. The Morgan fingerprint density at radius 2 is 2.00 bits per heavy atom. The Morgan fingerprint density at radius 1 is 1.33 bits per heavy atom. The van der Waals surface area contributed by atoms with Crippen molar-refractivity contribution in [2.24, 2.45) is 0 Å². The van der Waals surface area contributed by atoms with Crippen molar-refractivity contribution in [2.45, 2.75) is 6.92 Å². The van der Waals surface area contributed by atoms with Crippen LogP contribution in [0.1, 0.15) is 11.1 Å². The topological polar surface area (TPSA) is 35.5 Å².